The van der Waals surface area contributed by atoms with Gasteiger partial charge in [0.1, 0.15) is 0 Å². The zero-order valence-corrected chi connectivity index (χ0v) is 32.3. The number of nitrogens with zero attached hydrogens (tertiary/aromatic N) is 4. The lowest BCUT2D eigenvalue weighted by Crippen LogP contribution is -2.14. The molecule has 10 aromatic rings. The van der Waals surface area contributed by atoms with Gasteiger partial charge in [0.25, 0.3) is 0 Å². The number of fused-ring (bicyclic) bond motifs is 6. The molecule has 274 valence electrons. The van der Waals surface area contributed by atoms with E-state index in [4.69, 9.17) is 15.0 Å². The zero-order valence-electron chi connectivity index (χ0n) is 32.3. The summed E-state index contributed by atoms with van der Waals surface area (Å²) < 4.78 is 2.43. The van der Waals surface area contributed by atoms with Gasteiger partial charge in [0.2, 0.25) is 0 Å². The molecule has 1 aliphatic rings. The van der Waals surface area contributed by atoms with Crippen molar-refractivity contribution in [1.29, 1.82) is 0 Å². The van der Waals surface area contributed by atoms with Crippen LogP contribution < -0.4 is 0 Å². The summed E-state index contributed by atoms with van der Waals surface area (Å²) >= 11 is 0. The first kappa shape index (κ1) is 33.9. The number of hydrogen-bond acceptors (Lipinski definition) is 3. The third-order valence-electron chi connectivity index (χ3n) is 11.9. The highest BCUT2D eigenvalue weighted by Crippen LogP contribution is 2.52. The molecule has 0 aliphatic heterocycles. The van der Waals surface area contributed by atoms with Crippen LogP contribution in [0.1, 0.15) is 25.0 Å². The summed E-state index contributed by atoms with van der Waals surface area (Å²) in [5, 5.41) is 2.44. The molecule has 0 spiro atoms. The molecule has 0 N–H and O–H groups in total. The van der Waals surface area contributed by atoms with Gasteiger partial charge in [-0.05, 0) is 63.2 Å². The zero-order chi connectivity index (χ0) is 38.8. The summed E-state index contributed by atoms with van der Waals surface area (Å²) in [5.74, 6) is 1.94. The van der Waals surface area contributed by atoms with Crippen molar-refractivity contribution in [3.05, 3.63) is 205 Å². The fourth-order valence-corrected chi connectivity index (χ4v) is 9.05. The van der Waals surface area contributed by atoms with Gasteiger partial charge < -0.3 is 4.57 Å². The maximum atomic E-state index is 4.98. The molecule has 2 heterocycles. The number of para-hydroxylation sites is 2. The smallest absolute Gasteiger partial charge is 0.164 e. The SMILES string of the molecule is CC1(C)c2ccccc2-c2c(-c3ccc4c(c3)c3cccc(-c5ccc(-c6nc(-c7ccccc7)nc(-c7ccccc7)n6)cc5)c3n4-c3ccccc3)cccc21. The highest BCUT2D eigenvalue weighted by Gasteiger charge is 2.36. The maximum absolute atomic E-state index is 4.98. The van der Waals surface area contributed by atoms with Crippen LogP contribution in [0.15, 0.2) is 194 Å². The van der Waals surface area contributed by atoms with E-state index in [1.165, 1.54) is 55.2 Å². The Hall–Kier alpha value is -7.43. The van der Waals surface area contributed by atoms with Crippen LogP contribution in [-0.2, 0) is 5.41 Å². The van der Waals surface area contributed by atoms with Crippen molar-refractivity contribution in [3.8, 4) is 73.2 Å². The molecule has 0 saturated heterocycles. The summed E-state index contributed by atoms with van der Waals surface area (Å²) in [6, 6.07) is 69.1. The number of benzene rings is 8. The lowest BCUT2D eigenvalue weighted by Gasteiger charge is -2.21. The van der Waals surface area contributed by atoms with E-state index in [0.29, 0.717) is 17.5 Å². The third-order valence-corrected chi connectivity index (χ3v) is 11.9. The van der Waals surface area contributed by atoms with Crippen LogP contribution in [0, 0.1) is 0 Å². The summed E-state index contributed by atoms with van der Waals surface area (Å²) in [6.07, 6.45) is 0. The van der Waals surface area contributed by atoms with Gasteiger partial charge in [-0.25, -0.2) is 15.0 Å². The summed E-state index contributed by atoms with van der Waals surface area (Å²) in [7, 11) is 0. The Kier molecular flexibility index (Phi) is 7.80. The Labute approximate surface area is 337 Å². The molecule has 0 atom stereocenters. The second kappa shape index (κ2) is 13.4. The highest BCUT2D eigenvalue weighted by atomic mass is 15.0. The highest BCUT2D eigenvalue weighted by molar-refractivity contribution is 6.15. The minimum atomic E-state index is -0.0578. The summed E-state index contributed by atoms with van der Waals surface area (Å²) in [4.78, 5) is 14.9. The molecule has 0 fully saturated rings. The molecule has 11 rings (SSSR count). The van der Waals surface area contributed by atoms with E-state index in [-0.39, 0.29) is 5.41 Å². The van der Waals surface area contributed by atoms with Gasteiger partial charge >= 0.3 is 0 Å². The molecule has 58 heavy (non-hydrogen) atoms. The van der Waals surface area contributed by atoms with Crippen LogP contribution in [0.4, 0.5) is 0 Å². The Balaban J connectivity index is 1.07. The topological polar surface area (TPSA) is 43.6 Å². The first-order chi connectivity index (χ1) is 28.5. The van der Waals surface area contributed by atoms with Gasteiger partial charge in [0.05, 0.1) is 11.0 Å². The molecular weight excluding hydrogens is 705 g/mol. The van der Waals surface area contributed by atoms with Gasteiger partial charge in [-0.2, -0.15) is 0 Å². The molecule has 0 radical (unpaired) electrons. The average molecular weight is 743 g/mol. The predicted molar refractivity (Wildman–Crippen MR) is 239 cm³/mol. The molecule has 0 saturated carbocycles. The minimum absolute atomic E-state index is 0.0578. The van der Waals surface area contributed by atoms with Gasteiger partial charge in [-0.3, -0.25) is 0 Å². The quantitative estimate of drug-likeness (QED) is 0.170. The van der Waals surface area contributed by atoms with Crippen LogP contribution in [-0.4, -0.2) is 19.5 Å². The molecule has 4 nitrogen and oxygen atoms in total. The minimum Gasteiger partial charge on any atom is -0.309 e. The van der Waals surface area contributed by atoms with E-state index in [1.54, 1.807) is 0 Å². The van der Waals surface area contributed by atoms with E-state index < -0.39 is 0 Å². The molecule has 8 aromatic carbocycles. The number of rotatable bonds is 6. The van der Waals surface area contributed by atoms with E-state index in [0.717, 1.165) is 33.5 Å². The second-order valence-corrected chi connectivity index (χ2v) is 15.6. The van der Waals surface area contributed by atoms with Gasteiger partial charge in [-0.1, -0.05) is 184 Å². The van der Waals surface area contributed by atoms with Crippen molar-refractivity contribution in [2.45, 2.75) is 19.3 Å². The van der Waals surface area contributed by atoms with Crippen molar-refractivity contribution in [2.75, 3.05) is 0 Å². The van der Waals surface area contributed by atoms with Crippen molar-refractivity contribution in [1.82, 2.24) is 19.5 Å². The van der Waals surface area contributed by atoms with Crippen LogP contribution in [0.2, 0.25) is 0 Å². The molecule has 0 bridgehead atoms. The summed E-state index contributed by atoms with van der Waals surface area (Å²) in [6.45, 7) is 4.69. The fourth-order valence-electron chi connectivity index (χ4n) is 9.05. The van der Waals surface area contributed by atoms with E-state index in [2.05, 4.69) is 152 Å². The monoisotopic (exact) mass is 742 g/mol. The Morgan fingerprint density at radius 2 is 0.879 bits per heavy atom. The van der Waals surface area contributed by atoms with Crippen LogP contribution in [0.25, 0.3) is 95.0 Å². The van der Waals surface area contributed by atoms with E-state index in [1.807, 2.05) is 60.7 Å². The standard InChI is InChI=1S/C54H38N4/c1-54(2)46-26-13-12-22-44(46)49-41(23-15-27-47(49)54)39-32-33-48-45(34-39)43-25-14-24-42(50(43)58(48)40-20-10-5-11-21-40)35-28-30-38(31-29-35)53-56-51(36-16-6-3-7-17-36)55-52(57-53)37-18-8-4-9-19-37/h3-34H,1-2H3. The van der Waals surface area contributed by atoms with Crippen molar-refractivity contribution >= 4 is 21.8 Å². The average Bonchev–Trinajstić information content (AvgIpc) is 3.75. The van der Waals surface area contributed by atoms with Gasteiger partial charge in [0, 0.05) is 44.1 Å². The first-order valence-corrected chi connectivity index (χ1v) is 19.9. The Morgan fingerprint density at radius 1 is 0.379 bits per heavy atom. The van der Waals surface area contributed by atoms with Crippen LogP contribution >= 0.6 is 0 Å². The second-order valence-electron chi connectivity index (χ2n) is 15.6. The van der Waals surface area contributed by atoms with E-state index >= 15 is 0 Å². The molecular formula is C54H38N4. The third kappa shape index (κ3) is 5.41. The lowest BCUT2D eigenvalue weighted by atomic mass is 9.82. The van der Waals surface area contributed by atoms with Crippen molar-refractivity contribution in [2.24, 2.45) is 0 Å². The molecule has 1 aliphatic carbocycles. The molecule has 4 heteroatoms. The number of aromatic nitrogens is 4. The largest absolute Gasteiger partial charge is 0.309 e. The first-order valence-electron chi connectivity index (χ1n) is 19.9. The van der Waals surface area contributed by atoms with Crippen LogP contribution in [0.5, 0.6) is 0 Å². The van der Waals surface area contributed by atoms with Gasteiger partial charge in [-0.15, -0.1) is 0 Å². The predicted octanol–water partition coefficient (Wildman–Crippen LogP) is 13.6. The fraction of sp³-hybridized carbons (Fsp3) is 0.0556. The van der Waals surface area contributed by atoms with E-state index in [9.17, 15) is 0 Å². The molecule has 0 amide bonds. The lowest BCUT2D eigenvalue weighted by molar-refractivity contribution is 0.660. The normalized spacial score (nSPS) is 12.8. The summed E-state index contributed by atoms with van der Waals surface area (Å²) in [5.41, 5.74) is 16.5. The van der Waals surface area contributed by atoms with Crippen molar-refractivity contribution in [3.63, 3.8) is 0 Å². The Bertz CT molecular complexity index is 3110. The van der Waals surface area contributed by atoms with Crippen molar-refractivity contribution < 1.29 is 0 Å². The molecule has 0 unspecified atom stereocenters. The Morgan fingerprint density at radius 3 is 1.55 bits per heavy atom. The van der Waals surface area contributed by atoms with Gasteiger partial charge in [0.15, 0.2) is 17.5 Å². The van der Waals surface area contributed by atoms with Crippen LogP contribution in [0.3, 0.4) is 0 Å². The maximum Gasteiger partial charge on any atom is 0.164 e. The number of hydrogen-bond donors (Lipinski definition) is 0. The molecule has 2 aromatic heterocycles.